The highest BCUT2D eigenvalue weighted by Crippen LogP contribution is 2.23. The maximum absolute atomic E-state index is 12.1. The van der Waals surface area contributed by atoms with Gasteiger partial charge in [-0.25, -0.2) is 0 Å². The smallest absolute Gasteiger partial charge is 0.234 e. The van der Waals surface area contributed by atoms with E-state index >= 15 is 0 Å². The molecular formula is C16H16N4O3S. The molecule has 0 saturated heterocycles. The van der Waals surface area contributed by atoms with E-state index in [0.717, 1.165) is 0 Å². The lowest BCUT2D eigenvalue weighted by Crippen LogP contribution is -2.14. The van der Waals surface area contributed by atoms with E-state index in [1.165, 1.54) is 11.8 Å². The summed E-state index contributed by atoms with van der Waals surface area (Å²) in [7, 11) is 3.42. The predicted molar refractivity (Wildman–Crippen MR) is 91.1 cm³/mol. The number of amides is 1. The van der Waals surface area contributed by atoms with Gasteiger partial charge in [-0.1, -0.05) is 17.8 Å². The third-order valence-electron chi connectivity index (χ3n) is 3.26. The van der Waals surface area contributed by atoms with Gasteiger partial charge in [0.15, 0.2) is 16.7 Å². The molecule has 0 aliphatic carbocycles. The Morgan fingerprint density at radius 2 is 2.21 bits per heavy atom. The molecule has 3 aromatic rings. The fourth-order valence-corrected chi connectivity index (χ4v) is 2.80. The number of carbonyl (C=O) groups excluding carboxylic acids is 1. The molecule has 0 aliphatic heterocycles. The van der Waals surface area contributed by atoms with Crippen LogP contribution in [0.5, 0.6) is 5.75 Å². The Morgan fingerprint density at radius 3 is 2.96 bits per heavy atom. The van der Waals surface area contributed by atoms with E-state index in [2.05, 4.69) is 15.5 Å². The highest BCUT2D eigenvalue weighted by atomic mass is 32.2. The second kappa shape index (κ2) is 7.22. The lowest BCUT2D eigenvalue weighted by molar-refractivity contribution is -0.113. The molecule has 0 bridgehead atoms. The van der Waals surface area contributed by atoms with Crippen LogP contribution in [0.25, 0.3) is 11.6 Å². The van der Waals surface area contributed by atoms with Crippen molar-refractivity contribution in [1.82, 2.24) is 14.8 Å². The molecule has 124 valence electrons. The first-order valence-electron chi connectivity index (χ1n) is 7.17. The molecule has 1 aromatic carbocycles. The van der Waals surface area contributed by atoms with Gasteiger partial charge in [-0.15, -0.1) is 10.2 Å². The molecule has 8 heteroatoms. The average Bonchev–Trinajstić information content (AvgIpc) is 3.23. The van der Waals surface area contributed by atoms with Crippen molar-refractivity contribution in [3.05, 3.63) is 42.7 Å². The number of ether oxygens (including phenoxy) is 1. The molecule has 0 atom stereocenters. The molecule has 0 spiro atoms. The van der Waals surface area contributed by atoms with E-state index in [0.29, 0.717) is 28.2 Å². The van der Waals surface area contributed by atoms with Gasteiger partial charge in [-0.2, -0.15) is 0 Å². The van der Waals surface area contributed by atoms with Crippen LogP contribution in [0.1, 0.15) is 0 Å². The van der Waals surface area contributed by atoms with E-state index in [-0.39, 0.29) is 11.7 Å². The maximum atomic E-state index is 12.1. The fourth-order valence-electron chi connectivity index (χ4n) is 2.09. The van der Waals surface area contributed by atoms with Gasteiger partial charge in [0.25, 0.3) is 0 Å². The van der Waals surface area contributed by atoms with Gasteiger partial charge in [0.2, 0.25) is 5.91 Å². The summed E-state index contributed by atoms with van der Waals surface area (Å²) >= 11 is 1.31. The summed E-state index contributed by atoms with van der Waals surface area (Å²) in [6.07, 6.45) is 1.58. The van der Waals surface area contributed by atoms with Crippen molar-refractivity contribution in [2.24, 2.45) is 7.05 Å². The number of nitrogens with one attached hydrogen (secondary N) is 1. The van der Waals surface area contributed by atoms with Gasteiger partial charge >= 0.3 is 0 Å². The second-order valence-electron chi connectivity index (χ2n) is 4.91. The van der Waals surface area contributed by atoms with Gasteiger partial charge < -0.3 is 19.0 Å². The number of methoxy groups -OCH3 is 1. The van der Waals surface area contributed by atoms with Crippen LogP contribution >= 0.6 is 11.8 Å². The highest BCUT2D eigenvalue weighted by molar-refractivity contribution is 7.99. The van der Waals surface area contributed by atoms with Crippen LogP contribution in [0.4, 0.5) is 5.69 Å². The third kappa shape index (κ3) is 3.60. The fraction of sp³-hybridized carbons (Fsp3) is 0.188. The van der Waals surface area contributed by atoms with Crippen LogP contribution in [-0.2, 0) is 11.8 Å². The number of anilines is 1. The maximum Gasteiger partial charge on any atom is 0.234 e. The first kappa shape index (κ1) is 16.1. The number of nitrogens with zero attached hydrogens (tertiary/aromatic N) is 3. The minimum atomic E-state index is -0.129. The van der Waals surface area contributed by atoms with Gasteiger partial charge in [0.1, 0.15) is 5.75 Å². The van der Waals surface area contributed by atoms with Gasteiger partial charge in [0, 0.05) is 18.8 Å². The summed E-state index contributed by atoms with van der Waals surface area (Å²) in [6.45, 7) is 0. The predicted octanol–water partition coefficient (Wildman–Crippen LogP) is 2.81. The number of benzene rings is 1. The second-order valence-corrected chi connectivity index (χ2v) is 5.85. The summed E-state index contributed by atoms with van der Waals surface area (Å²) in [5, 5.41) is 11.7. The van der Waals surface area contributed by atoms with E-state index in [4.69, 9.17) is 9.15 Å². The molecule has 0 aliphatic rings. The Bertz CT molecular complexity index is 830. The van der Waals surface area contributed by atoms with Gasteiger partial charge in [-0.05, 0) is 24.3 Å². The molecule has 0 radical (unpaired) electrons. The van der Waals surface area contributed by atoms with Crippen molar-refractivity contribution >= 4 is 23.4 Å². The molecule has 0 saturated carbocycles. The molecule has 1 amide bonds. The Morgan fingerprint density at radius 1 is 1.33 bits per heavy atom. The van der Waals surface area contributed by atoms with Crippen molar-refractivity contribution < 1.29 is 13.9 Å². The molecule has 24 heavy (non-hydrogen) atoms. The zero-order chi connectivity index (χ0) is 16.9. The first-order valence-corrected chi connectivity index (χ1v) is 8.16. The van der Waals surface area contributed by atoms with Crippen LogP contribution in [0.15, 0.2) is 52.2 Å². The Kier molecular flexibility index (Phi) is 4.85. The number of rotatable bonds is 6. The topological polar surface area (TPSA) is 82.2 Å². The van der Waals surface area contributed by atoms with Crippen LogP contribution in [0.2, 0.25) is 0 Å². The highest BCUT2D eigenvalue weighted by Gasteiger charge is 2.14. The number of furan rings is 1. The lowest BCUT2D eigenvalue weighted by Gasteiger charge is -2.06. The molecule has 3 rings (SSSR count). The summed E-state index contributed by atoms with van der Waals surface area (Å²) in [6, 6.07) is 10.8. The van der Waals surface area contributed by atoms with E-state index in [1.807, 2.05) is 31.3 Å². The summed E-state index contributed by atoms with van der Waals surface area (Å²) in [4.78, 5) is 12.1. The quantitative estimate of drug-likeness (QED) is 0.693. The summed E-state index contributed by atoms with van der Waals surface area (Å²) in [5.41, 5.74) is 0.689. The van der Waals surface area contributed by atoms with E-state index in [1.54, 1.807) is 30.1 Å². The minimum absolute atomic E-state index is 0.129. The summed E-state index contributed by atoms with van der Waals surface area (Å²) < 4.78 is 12.2. The summed E-state index contributed by atoms with van der Waals surface area (Å²) in [5.74, 6) is 2.04. The van der Waals surface area contributed by atoms with Crippen LogP contribution < -0.4 is 10.1 Å². The number of thioether (sulfide) groups is 1. The molecule has 2 aromatic heterocycles. The number of carbonyl (C=O) groups is 1. The molecule has 7 nitrogen and oxygen atoms in total. The molecule has 1 N–H and O–H groups in total. The Hall–Kier alpha value is -2.74. The number of hydrogen-bond acceptors (Lipinski definition) is 6. The number of hydrogen-bond donors (Lipinski definition) is 1. The van der Waals surface area contributed by atoms with Crippen LogP contribution in [-0.4, -0.2) is 33.5 Å². The Balaban J connectivity index is 1.60. The minimum Gasteiger partial charge on any atom is -0.497 e. The average molecular weight is 344 g/mol. The molecular weight excluding hydrogens is 328 g/mol. The molecule has 2 heterocycles. The largest absolute Gasteiger partial charge is 0.497 e. The molecule has 0 fully saturated rings. The van der Waals surface area contributed by atoms with E-state index < -0.39 is 0 Å². The van der Waals surface area contributed by atoms with E-state index in [9.17, 15) is 4.79 Å². The van der Waals surface area contributed by atoms with Crippen molar-refractivity contribution in [2.75, 3.05) is 18.2 Å². The number of aromatic nitrogens is 3. The Labute approximate surface area is 143 Å². The normalized spacial score (nSPS) is 10.6. The zero-order valence-corrected chi connectivity index (χ0v) is 14.0. The first-order chi connectivity index (χ1) is 11.7. The third-order valence-corrected chi connectivity index (χ3v) is 4.28. The van der Waals surface area contributed by atoms with Crippen molar-refractivity contribution in [3.63, 3.8) is 0 Å². The zero-order valence-electron chi connectivity index (χ0n) is 13.2. The van der Waals surface area contributed by atoms with Crippen LogP contribution in [0.3, 0.4) is 0 Å². The van der Waals surface area contributed by atoms with Crippen LogP contribution in [0, 0.1) is 0 Å². The SMILES string of the molecule is COc1cccc(NC(=O)CSc2nnc(-c3ccco3)n2C)c1. The van der Waals surface area contributed by atoms with Crippen molar-refractivity contribution in [1.29, 1.82) is 0 Å². The molecule has 0 unspecified atom stereocenters. The van der Waals surface area contributed by atoms with Gasteiger partial charge in [0.05, 0.1) is 19.1 Å². The van der Waals surface area contributed by atoms with Crippen molar-refractivity contribution in [2.45, 2.75) is 5.16 Å². The van der Waals surface area contributed by atoms with Gasteiger partial charge in [-0.3, -0.25) is 4.79 Å². The lowest BCUT2D eigenvalue weighted by atomic mass is 10.3. The standard InChI is InChI=1S/C16H16N4O3S/c1-20-15(13-7-4-8-23-13)18-19-16(20)24-10-14(21)17-11-5-3-6-12(9-11)22-2/h3-9H,10H2,1-2H3,(H,17,21). The monoisotopic (exact) mass is 344 g/mol. The van der Waals surface area contributed by atoms with Crippen molar-refractivity contribution in [3.8, 4) is 17.3 Å².